The fraction of sp³-hybridized carbons (Fsp3) is 0.0926. The van der Waals surface area contributed by atoms with Crippen molar-refractivity contribution >= 4 is 28.3 Å². The van der Waals surface area contributed by atoms with Crippen LogP contribution in [-0.2, 0) is 5.54 Å². The van der Waals surface area contributed by atoms with Gasteiger partial charge in [-0.05, 0) is 82.6 Å². The molecule has 0 bridgehead atoms. The van der Waals surface area contributed by atoms with Crippen LogP contribution >= 0.6 is 0 Å². The molecule has 2 N–H and O–H groups in total. The van der Waals surface area contributed by atoms with E-state index in [9.17, 15) is 0 Å². The second-order valence-corrected chi connectivity index (χ2v) is 15.8. The fourth-order valence-corrected chi connectivity index (χ4v) is 10.5. The highest BCUT2D eigenvalue weighted by atomic mass is 15.1. The number of rotatable bonds is 6. The van der Waals surface area contributed by atoms with Crippen molar-refractivity contribution in [2.75, 3.05) is 10.6 Å². The van der Waals surface area contributed by atoms with Gasteiger partial charge in [0, 0.05) is 68.6 Å². The smallest absolute Gasteiger partial charge is 0.246 e. The summed E-state index contributed by atoms with van der Waals surface area (Å²) in [4.78, 5) is 0. The average molecular weight is 731 g/mol. The lowest BCUT2D eigenvalue weighted by Gasteiger charge is -2.49. The molecular formula is C54H40N3+. The van der Waals surface area contributed by atoms with Gasteiger partial charge in [-0.2, -0.15) is 4.57 Å². The van der Waals surface area contributed by atoms with E-state index in [4.69, 9.17) is 0 Å². The third-order valence-electron chi connectivity index (χ3n) is 12.8. The van der Waals surface area contributed by atoms with Gasteiger partial charge in [-0.1, -0.05) is 145 Å². The van der Waals surface area contributed by atoms with E-state index in [1.807, 2.05) is 0 Å². The number of hydrogen-bond acceptors (Lipinski definition) is 2. The normalized spacial score (nSPS) is 19.1. The molecule has 7 aromatic carbocycles. The van der Waals surface area contributed by atoms with E-state index in [1.165, 1.54) is 72.5 Å². The molecule has 1 aliphatic heterocycles. The van der Waals surface area contributed by atoms with Crippen LogP contribution in [0.2, 0.25) is 0 Å². The minimum atomic E-state index is -0.666. The highest BCUT2D eigenvalue weighted by Crippen LogP contribution is 2.64. The summed E-state index contributed by atoms with van der Waals surface area (Å²) in [6.07, 6.45) is 4.56. The lowest BCUT2D eigenvalue weighted by Crippen LogP contribution is -2.66. The van der Waals surface area contributed by atoms with Gasteiger partial charge in [-0.3, -0.25) is 0 Å². The summed E-state index contributed by atoms with van der Waals surface area (Å²) < 4.78 is 2.67. The van der Waals surface area contributed by atoms with Crippen LogP contribution in [0.3, 0.4) is 0 Å². The first-order valence-corrected chi connectivity index (χ1v) is 20.2. The molecule has 3 nitrogen and oxygen atoms in total. The van der Waals surface area contributed by atoms with Gasteiger partial charge in [0.2, 0.25) is 5.54 Å². The predicted octanol–water partition coefficient (Wildman–Crippen LogP) is 12.2. The Morgan fingerprint density at radius 1 is 0.439 bits per heavy atom. The Labute approximate surface area is 333 Å². The molecule has 4 aliphatic rings. The van der Waals surface area contributed by atoms with Gasteiger partial charge in [-0.15, -0.1) is 0 Å². The van der Waals surface area contributed by atoms with Gasteiger partial charge >= 0.3 is 0 Å². The second kappa shape index (κ2) is 12.5. The number of hydrogen-bond donors (Lipinski definition) is 2. The largest absolute Gasteiger partial charge is 0.355 e. The van der Waals surface area contributed by atoms with Crippen LogP contribution in [0.25, 0.3) is 5.57 Å². The monoisotopic (exact) mass is 730 g/mol. The van der Waals surface area contributed by atoms with Crippen LogP contribution in [0.15, 0.2) is 200 Å². The maximum atomic E-state index is 3.99. The van der Waals surface area contributed by atoms with Crippen molar-refractivity contribution in [3.05, 3.63) is 261 Å². The second-order valence-electron chi connectivity index (χ2n) is 15.8. The molecular weight excluding hydrogens is 691 g/mol. The number of aromatic nitrogens is 1. The zero-order valence-corrected chi connectivity index (χ0v) is 31.5. The van der Waals surface area contributed by atoms with E-state index in [2.05, 4.69) is 209 Å². The van der Waals surface area contributed by atoms with E-state index < -0.39 is 5.54 Å². The molecule has 1 aromatic heterocycles. The lowest BCUT2D eigenvalue weighted by molar-refractivity contribution is -0.744. The average Bonchev–Trinajstić information content (AvgIpc) is 4.12. The number of nitrogens with zero attached hydrogens (tertiary/aromatic N) is 1. The number of fused-ring (bicyclic) bond motifs is 2. The van der Waals surface area contributed by atoms with E-state index in [0.29, 0.717) is 0 Å². The molecule has 0 radical (unpaired) electrons. The molecule has 1 saturated carbocycles. The Bertz CT molecular complexity index is 2700. The van der Waals surface area contributed by atoms with Crippen LogP contribution in [0.5, 0.6) is 0 Å². The SMILES string of the molecule is c1ccc(Nc2ccc3c4c2C(=C2CC2)c2c(Nc5ccccc5)ccc5c2C4(c2ccccc2C3c2ccccc2)[n+]2ccccc2C5c2ccccc2)cc1. The first-order chi connectivity index (χ1) is 28.3. The summed E-state index contributed by atoms with van der Waals surface area (Å²) in [6.45, 7) is 0. The highest BCUT2D eigenvalue weighted by molar-refractivity contribution is 6.02. The van der Waals surface area contributed by atoms with Crippen molar-refractivity contribution in [1.29, 1.82) is 0 Å². The Kier molecular flexibility index (Phi) is 7.10. The minimum Gasteiger partial charge on any atom is -0.355 e. The molecule has 8 aromatic rings. The van der Waals surface area contributed by atoms with E-state index in [-0.39, 0.29) is 11.8 Å². The third kappa shape index (κ3) is 4.69. The molecule has 1 fully saturated rings. The molecule has 1 spiro atoms. The summed E-state index contributed by atoms with van der Waals surface area (Å²) in [5, 5.41) is 7.98. The summed E-state index contributed by atoms with van der Waals surface area (Å²) in [5.74, 6) is 0.103. The Morgan fingerprint density at radius 2 is 0.930 bits per heavy atom. The highest BCUT2D eigenvalue weighted by Gasteiger charge is 2.63. The van der Waals surface area contributed by atoms with Gasteiger partial charge in [-0.25, -0.2) is 0 Å². The van der Waals surface area contributed by atoms with Gasteiger partial charge in [0.15, 0.2) is 11.9 Å². The van der Waals surface area contributed by atoms with Crippen LogP contribution in [0, 0.1) is 0 Å². The molecule has 270 valence electrons. The fourth-order valence-electron chi connectivity index (χ4n) is 10.5. The third-order valence-corrected chi connectivity index (χ3v) is 12.8. The number of benzene rings is 7. The molecule has 12 rings (SSSR count). The minimum absolute atomic E-state index is 0.0395. The number of nitrogens with one attached hydrogen (secondary N) is 2. The van der Waals surface area contributed by atoms with Crippen LogP contribution in [-0.4, -0.2) is 0 Å². The van der Waals surface area contributed by atoms with Gasteiger partial charge < -0.3 is 10.6 Å². The zero-order valence-electron chi connectivity index (χ0n) is 31.5. The van der Waals surface area contributed by atoms with Crippen molar-refractivity contribution in [3.8, 4) is 0 Å². The quantitative estimate of drug-likeness (QED) is 0.167. The van der Waals surface area contributed by atoms with Gasteiger partial charge in [0.05, 0.1) is 5.92 Å². The van der Waals surface area contributed by atoms with Crippen molar-refractivity contribution in [2.45, 2.75) is 30.2 Å². The number of anilines is 4. The summed E-state index contributed by atoms with van der Waals surface area (Å²) in [5.41, 5.74) is 21.4. The standard InChI is InChI=1S/C54H40N3/c1-5-17-35(18-6-1)47-40-25-13-14-26-43(40)54-52-41(47)30-32-44(55-38-21-9-3-10-22-38)50(52)49(37-28-29-37)51-45(56-39-23-11-4-12-24-39)33-31-42(53(51)54)48(36-19-7-2-8-20-36)46-27-15-16-34-57(46)54/h1-27,30-34,47-48,55-56H,28-29H2/q+1. The van der Waals surface area contributed by atoms with E-state index in [0.717, 1.165) is 35.6 Å². The molecule has 0 saturated heterocycles. The van der Waals surface area contributed by atoms with Crippen molar-refractivity contribution in [2.24, 2.45) is 0 Å². The van der Waals surface area contributed by atoms with E-state index >= 15 is 0 Å². The molecule has 57 heavy (non-hydrogen) atoms. The molecule has 2 heterocycles. The van der Waals surface area contributed by atoms with Crippen molar-refractivity contribution < 1.29 is 4.57 Å². The molecule has 3 heteroatoms. The Hall–Kier alpha value is -6.97. The molecule has 3 atom stereocenters. The zero-order chi connectivity index (χ0) is 37.5. The number of allylic oxidation sites excluding steroid dienone is 1. The van der Waals surface area contributed by atoms with Crippen molar-refractivity contribution in [1.82, 2.24) is 0 Å². The van der Waals surface area contributed by atoms with Gasteiger partial charge in [0.1, 0.15) is 0 Å². The van der Waals surface area contributed by atoms with Crippen LogP contribution in [0.1, 0.15) is 86.0 Å². The summed E-state index contributed by atoms with van der Waals surface area (Å²) in [6, 6.07) is 69.5. The summed E-state index contributed by atoms with van der Waals surface area (Å²) >= 11 is 0. The maximum absolute atomic E-state index is 3.99. The molecule has 0 amide bonds. The van der Waals surface area contributed by atoms with Crippen molar-refractivity contribution in [3.63, 3.8) is 0 Å². The number of pyridine rings is 1. The topological polar surface area (TPSA) is 27.9 Å². The first-order valence-electron chi connectivity index (χ1n) is 20.2. The maximum Gasteiger partial charge on any atom is 0.246 e. The van der Waals surface area contributed by atoms with Crippen LogP contribution < -0.4 is 15.2 Å². The first kappa shape index (κ1) is 32.3. The number of para-hydroxylation sites is 2. The Balaban J connectivity index is 1.29. The predicted molar refractivity (Wildman–Crippen MR) is 231 cm³/mol. The summed E-state index contributed by atoms with van der Waals surface area (Å²) in [7, 11) is 0. The lowest BCUT2D eigenvalue weighted by atomic mass is 9.55. The Morgan fingerprint density at radius 3 is 1.51 bits per heavy atom. The van der Waals surface area contributed by atoms with Crippen LogP contribution in [0.4, 0.5) is 22.7 Å². The molecule has 3 aliphatic carbocycles. The molecule has 3 unspecified atom stereocenters. The van der Waals surface area contributed by atoms with Gasteiger partial charge in [0.25, 0.3) is 0 Å². The van der Waals surface area contributed by atoms with E-state index in [1.54, 1.807) is 0 Å².